The molecule has 0 aliphatic heterocycles. The smallest absolute Gasteiger partial charge is 0.274 e. The average molecular weight is 267 g/mol. The molecule has 18 heavy (non-hydrogen) atoms. The van der Waals surface area contributed by atoms with Crippen molar-refractivity contribution in [1.29, 1.82) is 5.41 Å². The molecule has 3 N–H and O–H groups in total. The molecular formula is C11H13N3O3S. The van der Waals surface area contributed by atoms with Crippen molar-refractivity contribution in [3.05, 3.63) is 48.6 Å². The summed E-state index contributed by atoms with van der Waals surface area (Å²) in [5, 5.41) is 7.23. The third-order valence-corrected chi connectivity index (χ3v) is 3.61. The van der Waals surface area contributed by atoms with Crippen LogP contribution < -0.4 is 5.73 Å². The SMILES string of the molecule is C=CCS(=O)(=O)N(C(=N)N)C(=O)c1ccccc1. The first kappa shape index (κ1) is 13.9. The molecule has 0 saturated heterocycles. The predicted octanol–water partition coefficient (Wildman–Crippen LogP) is 0.538. The minimum Gasteiger partial charge on any atom is -0.369 e. The monoisotopic (exact) mass is 267 g/mol. The van der Waals surface area contributed by atoms with Crippen LogP contribution in [0.5, 0.6) is 0 Å². The van der Waals surface area contributed by atoms with Gasteiger partial charge >= 0.3 is 0 Å². The zero-order valence-electron chi connectivity index (χ0n) is 9.54. The molecule has 0 aliphatic carbocycles. The molecule has 0 fully saturated rings. The Balaban J connectivity index is 3.20. The Hall–Kier alpha value is -2.15. The van der Waals surface area contributed by atoms with Crippen molar-refractivity contribution in [2.45, 2.75) is 0 Å². The molecule has 7 heteroatoms. The maximum absolute atomic E-state index is 12.0. The van der Waals surface area contributed by atoms with E-state index >= 15 is 0 Å². The Morgan fingerprint density at radius 3 is 2.39 bits per heavy atom. The number of hydrogen-bond acceptors (Lipinski definition) is 4. The molecule has 0 aromatic heterocycles. The van der Waals surface area contributed by atoms with Crippen LogP contribution in [-0.2, 0) is 10.0 Å². The lowest BCUT2D eigenvalue weighted by atomic mass is 10.2. The highest BCUT2D eigenvalue weighted by atomic mass is 32.2. The summed E-state index contributed by atoms with van der Waals surface area (Å²) in [7, 11) is -4.00. The second kappa shape index (κ2) is 5.46. The minimum absolute atomic E-state index is 0.139. The van der Waals surface area contributed by atoms with Gasteiger partial charge in [0.2, 0.25) is 16.0 Å². The van der Waals surface area contributed by atoms with Gasteiger partial charge in [-0.2, -0.15) is 4.31 Å². The lowest BCUT2D eigenvalue weighted by Crippen LogP contribution is -2.46. The van der Waals surface area contributed by atoms with Crippen LogP contribution in [0.4, 0.5) is 0 Å². The molecule has 6 nitrogen and oxygen atoms in total. The van der Waals surface area contributed by atoms with Crippen LogP contribution in [0, 0.1) is 5.41 Å². The van der Waals surface area contributed by atoms with Gasteiger partial charge in [-0.3, -0.25) is 10.2 Å². The summed E-state index contributed by atoms with van der Waals surface area (Å²) >= 11 is 0. The van der Waals surface area contributed by atoms with Crippen molar-refractivity contribution in [3.63, 3.8) is 0 Å². The summed E-state index contributed by atoms with van der Waals surface area (Å²) in [5.41, 5.74) is 5.31. The van der Waals surface area contributed by atoms with Gasteiger partial charge < -0.3 is 5.73 Å². The van der Waals surface area contributed by atoms with E-state index in [9.17, 15) is 13.2 Å². The number of carbonyl (C=O) groups excluding carboxylic acids is 1. The normalized spacial score (nSPS) is 10.7. The van der Waals surface area contributed by atoms with Crippen LogP contribution in [-0.4, -0.2) is 30.3 Å². The van der Waals surface area contributed by atoms with Crippen molar-refractivity contribution in [2.75, 3.05) is 5.75 Å². The largest absolute Gasteiger partial charge is 0.369 e. The Morgan fingerprint density at radius 1 is 1.39 bits per heavy atom. The second-order valence-electron chi connectivity index (χ2n) is 3.39. The summed E-state index contributed by atoms with van der Waals surface area (Å²) in [5.74, 6) is -2.17. The lowest BCUT2D eigenvalue weighted by Gasteiger charge is -2.19. The third kappa shape index (κ3) is 2.95. The molecule has 1 rings (SSSR count). The first-order valence-electron chi connectivity index (χ1n) is 4.97. The predicted molar refractivity (Wildman–Crippen MR) is 68.5 cm³/mol. The van der Waals surface area contributed by atoms with Crippen LogP contribution in [0.1, 0.15) is 10.4 Å². The molecule has 0 unspecified atom stereocenters. The van der Waals surface area contributed by atoms with Crippen molar-refractivity contribution in [1.82, 2.24) is 4.31 Å². The summed E-state index contributed by atoms with van der Waals surface area (Å²) in [6, 6.07) is 7.76. The van der Waals surface area contributed by atoms with Crippen LogP contribution >= 0.6 is 0 Å². The van der Waals surface area contributed by atoms with E-state index in [0.29, 0.717) is 0 Å². The Labute approximate surface area is 105 Å². The van der Waals surface area contributed by atoms with E-state index in [0.717, 1.165) is 6.08 Å². The molecule has 0 saturated carbocycles. The molecule has 0 bridgehead atoms. The fourth-order valence-electron chi connectivity index (χ4n) is 1.31. The number of guanidine groups is 1. The standard InChI is InChI=1S/C11H13N3O3S/c1-2-8-18(16,17)14(11(12)13)10(15)9-6-4-3-5-7-9/h2-7H,1,8H2,(H3,12,13). The Morgan fingerprint density at radius 2 is 1.94 bits per heavy atom. The van der Waals surface area contributed by atoms with Crippen molar-refractivity contribution < 1.29 is 13.2 Å². The van der Waals surface area contributed by atoms with Crippen LogP contribution in [0.25, 0.3) is 0 Å². The molecule has 0 aliphatic rings. The molecule has 0 spiro atoms. The minimum atomic E-state index is -4.00. The number of amides is 1. The van der Waals surface area contributed by atoms with Gasteiger partial charge in [-0.15, -0.1) is 6.58 Å². The van der Waals surface area contributed by atoms with E-state index in [1.165, 1.54) is 12.1 Å². The highest BCUT2D eigenvalue weighted by Crippen LogP contribution is 2.09. The maximum atomic E-state index is 12.0. The van der Waals surface area contributed by atoms with Gasteiger partial charge in [0.05, 0.1) is 5.75 Å². The highest BCUT2D eigenvalue weighted by molar-refractivity contribution is 7.90. The maximum Gasteiger partial charge on any atom is 0.274 e. The van der Waals surface area contributed by atoms with Gasteiger partial charge in [0.25, 0.3) is 5.91 Å². The van der Waals surface area contributed by atoms with E-state index in [4.69, 9.17) is 11.1 Å². The Kier molecular flexibility index (Phi) is 4.22. The Bertz CT molecular complexity index is 566. The summed E-state index contributed by atoms with van der Waals surface area (Å²) in [6.45, 7) is 3.29. The van der Waals surface area contributed by atoms with Gasteiger partial charge in [-0.05, 0) is 12.1 Å². The first-order valence-corrected chi connectivity index (χ1v) is 6.58. The number of benzene rings is 1. The quantitative estimate of drug-likeness (QED) is 0.472. The fraction of sp³-hybridized carbons (Fsp3) is 0.0909. The van der Waals surface area contributed by atoms with E-state index in [1.54, 1.807) is 18.2 Å². The zero-order valence-corrected chi connectivity index (χ0v) is 10.4. The van der Waals surface area contributed by atoms with Crippen molar-refractivity contribution in [2.24, 2.45) is 5.73 Å². The number of nitrogens with two attached hydrogens (primary N) is 1. The fourth-order valence-corrected chi connectivity index (χ4v) is 2.41. The summed E-state index contributed by atoms with van der Waals surface area (Å²) in [6.07, 6.45) is 1.13. The number of rotatable bonds is 4. The third-order valence-electron chi connectivity index (χ3n) is 2.03. The molecule has 0 atom stereocenters. The second-order valence-corrected chi connectivity index (χ2v) is 5.25. The van der Waals surface area contributed by atoms with Crippen molar-refractivity contribution >= 4 is 21.9 Å². The topological polar surface area (TPSA) is 104 Å². The number of hydrogen-bond donors (Lipinski definition) is 2. The zero-order chi connectivity index (χ0) is 13.8. The van der Waals surface area contributed by atoms with Crippen LogP contribution in [0.2, 0.25) is 0 Å². The number of carbonyl (C=O) groups is 1. The average Bonchev–Trinajstić information content (AvgIpc) is 2.29. The molecule has 1 aromatic carbocycles. The van der Waals surface area contributed by atoms with Crippen molar-refractivity contribution in [3.8, 4) is 0 Å². The van der Waals surface area contributed by atoms with E-state index in [1.807, 2.05) is 0 Å². The summed E-state index contributed by atoms with van der Waals surface area (Å²) in [4.78, 5) is 12.0. The molecule has 1 aromatic rings. The number of nitrogens with one attached hydrogen (secondary N) is 1. The molecular weight excluding hydrogens is 254 g/mol. The van der Waals surface area contributed by atoms with E-state index < -0.39 is 27.6 Å². The molecule has 1 amide bonds. The highest BCUT2D eigenvalue weighted by Gasteiger charge is 2.29. The van der Waals surface area contributed by atoms with Crippen LogP contribution in [0.3, 0.4) is 0 Å². The van der Waals surface area contributed by atoms with Gasteiger partial charge in [0, 0.05) is 5.56 Å². The van der Waals surface area contributed by atoms with E-state index in [-0.39, 0.29) is 9.87 Å². The molecule has 0 radical (unpaired) electrons. The number of sulfonamides is 1. The molecule has 96 valence electrons. The van der Waals surface area contributed by atoms with Gasteiger partial charge in [-0.1, -0.05) is 24.3 Å². The van der Waals surface area contributed by atoms with Gasteiger partial charge in [0.1, 0.15) is 0 Å². The molecule has 0 heterocycles. The van der Waals surface area contributed by atoms with E-state index in [2.05, 4.69) is 6.58 Å². The van der Waals surface area contributed by atoms with Crippen LogP contribution in [0.15, 0.2) is 43.0 Å². The van der Waals surface area contributed by atoms with Gasteiger partial charge in [0.15, 0.2) is 0 Å². The summed E-state index contributed by atoms with van der Waals surface area (Å²) < 4.78 is 23.9. The number of nitrogens with zero attached hydrogens (tertiary/aromatic N) is 1. The first-order chi connectivity index (χ1) is 8.40. The van der Waals surface area contributed by atoms with Gasteiger partial charge in [-0.25, -0.2) is 8.42 Å². The lowest BCUT2D eigenvalue weighted by molar-refractivity contribution is 0.0912.